The molecule has 1 aromatic rings. The third-order valence-electron chi connectivity index (χ3n) is 2.71. The molecule has 3 heteroatoms. The third kappa shape index (κ3) is 1.92. The average molecular weight is 212 g/mol. The van der Waals surface area contributed by atoms with E-state index in [4.69, 9.17) is 22.1 Å². The Labute approximate surface area is 89.0 Å². The molecule has 0 aliphatic carbocycles. The van der Waals surface area contributed by atoms with Crippen molar-refractivity contribution < 1.29 is 4.74 Å². The van der Waals surface area contributed by atoms with Gasteiger partial charge in [0.15, 0.2) is 0 Å². The van der Waals surface area contributed by atoms with E-state index in [0.717, 1.165) is 23.6 Å². The molecule has 0 bridgehead atoms. The Balaban J connectivity index is 2.25. The summed E-state index contributed by atoms with van der Waals surface area (Å²) in [5, 5.41) is 0.815. The highest BCUT2D eigenvalue weighted by Crippen LogP contribution is 2.31. The molecule has 0 radical (unpaired) electrons. The zero-order valence-electron chi connectivity index (χ0n) is 7.95. The Morgan fingerprint density at radius 1 is 1.36 bits per heavy atom. The maximum absolute atomic E-state index is 6.13. The summed E-state index contributed by atoms with van der Waals surface area (Å²) in [6.07, 6.45) is 0.963. The van der Waals surface area contributed by atoms with Gasteiger partial charge in [-0.25, -0.2) is 0 Å². The first kappa shape index (κ1) is 9.97. The summed E-state index contributed by atoms with van der Waals surface area (Å²) in [7, 11) is 0. The normalized spacial score (nSPS) is 27.6. The predicted molar refractivity (Wildman–Crippen MR) is 57.6 cm³/mol. The van der Waals surface area contributed by atoms with E-state index < -0.39 is 0 Å². The topological polar surface area (TPSA) is 35.2 Å². The van der Waals surface area contributed by atoms with Gasteiger partial charge < -0.3 is 10.5 Å². The second kappa shape index (κ2) is 4.30. The predicted octanol–water partition coefficient (Wildman–Crippen LogP) is 2.17. The molecule has 2 nitrogen and oxygen atoms in total. The molecule has 1 aromatic carbocycles. The third-order valence-corrected chi connectivity index (χ3v) is 3.05. The van der Waals surface area contributed by atoms with Crippen LogP contribution in [0.1, 0.15) is 17.9 Å². The molecule has 1 fully saturated rings. The van der Waals surface area contributed by atoms with Gasteiger partial charge in [-0.15, -0.1) is 0 Å². The number of ether oxygens (including phenoxy) is 1. The van der Waals surface area contributed by atoms with E-state index in [9.17, 15) is 0 Å². The molecule has 2 rings (SSSR count). The molecule has 0 spiro atoms. The minimum Gasteiger partial charge on any atom is -0.380 e. The molecule has 2 atom stereocenters. The summed E-state index contributed by atoms with van der Waals surface area (Å²) < 4.78 is 5.31. The van der Waals surface area contributed by atoms with Crippen molar-refractivity contribution in [2.24, 2.45) is 5.73 Å². The Morgan fingerprint density at radius 3 is 2.86 bits per heavy atom. The van der Waals surface area contributed by atoms with Crippen molar-refractivity contribution in [1.82, 2.24) is 0 Å². The van der Waals surface area contributed by atoms with Crippen molar-refractivity contribution in [3.63, 3.8) is 0 Å². The summed E-state index contributed by atoms with van der Waals surface area (Å²) in [6.45, 7) is 1.42. The number of benzene rings is 1. The molecule has 76 valence electrons. The Bertz CT molecular complexity index is 316. The second-order valence-electron chi connectivity index (χ2n) is 3.66. The fourth-order valence-electron chi connectivity index (χ4n) is 1.92. The number of halogens is 1. The van der Waals surface area contributed by atoms with Gasteiger partial charge in [-0.3, -0.25) is 0 Å². The molecule has 0 aromatic heterocycles. The van der Waals surface area contributed by atoms with E-state index in [1.807, 2.05) is 18.2 Å². The number of hydrogen-bond acceptors (Lipinski definition) is 2. The highest BCUT2D eigenvalue weighted by Gasteiger charge is 2.25. The number of rotatable bonds is 1. The lowest BCUT2D eigenvalue weighted by molar-refractivity contribution is 0.0696. The molecule has 1 aliphatic rings. The molecule has 1 aliphatic heterocycles. The van der Waals surface area contributed by atoms with Crippen LogP contribution in [0.25, 0.3) is 0 Å². The quantitative estimate of drug-likeness (QED) is 0.773. The summed E-state index contributed by atoms with van der Waals surface area (Å²) in [6, 6.07) is 7.99. The van der Waals surface area contributed by atoms with Crippen LogP contribution < -0.4 is 5.73 Å². The maximum atomic E-state index is 6.13. The van der Waals surface area contributed by atoms with E-state index in [2.05, 4.69) is 6.07 Å². The van der Waals surface area contributed by atoms with E-state index in [1.165, 1.54) is 0 Å². The van der Waals surface area contributed by atoms with Crippen molar-refractivity contribution >= 4 is 11.6 Å². The summed E-state index contributed by atoms with van der Waals surface area (Å²) >= 11 is 6.13. The minimum atomic E-state index is 0.0728. The van der Waals surface area contributed by atoms with Crippen molar-refractivity contribution in [2.75, 3.05) is 13.2 Å². The van der Waals surface area contributed by atoms with E-state index in [0.29, 0.717) is 12.5 Å². The molecule has 0 amide bonds. The van der Waals surface area contributed by atoms with Crippen LogP contribution in [0.2, 0.25) is 5.02 Å². The maximum Gasteiger partial charge on any atom is 0.0623 e. The summed E-state index contributed by atoms with van der Waals surface area (Å²) in [5.41, 5.74) is 7.15. The number of nitrogens with two attached hydrogens (primary N) is 1. The molecule has 14 heavy (non-hydrogen) atoms. The van der Waals surface area contributed by atoms with Crippen LogP contribution in [0.15, 0.2) is 24.3 Å². The molecule has 2 N–H and O–H groups in total. The van der Waals surface area contributed by atoms with Gasteiger partial charge in [-0.2, -0.15) is 0 Å². The van der Waals surface area contributed by atoms with Crippen LogP contribution in [0.4, 0.5) is 0 Å². The van der Waals surface area contributed by atoms with Gasteiger partial charge >= 0.3 is 0 Å². The lowest BCUT2D eigenvalue weighted by Crippen LogP contribution is -2.38. The van der Waals surface area contributed by atoms with Gasteiger partial charge in [0.1, 0.15) is 0 Å². The first-order valence-electron chi connectivity index (χ1n) is 4.87. The Hall–Kier alpha value is -0.570. The molecule has 0 saturated carbocycles. The van der Waals surface area contributed by atoms with Crippen LogP contribution >= 0.6 is 11.6 Å². The molecule has 2 unspecified atom stereocenters. The second-order valence-corrected chi connectivity index (χ2v) is 4.06. The molecular formula is C11H14ClNO. The largest absolute Gasteiger partial charge is 0.380 e. The molecule has 1 heterocycles. The van der Waals surface area contributed by atoms with Crippen molar-refractivity contribution in [3.8, 4) is 0 Å². The van der Waals surface area contributed by atoms with Gasteiger partial charge in [0.2, 0.25) is 0 Å². The van der Waals surface area contributed by atoms with Crippen molar-refractivity contribution in [1.29, 1.82) is 0 Å². The molecule has 1 saturated heterocycles. The highest BCUT2D eigenvalue weighted by molar-refractivity contribution is 6.31. The van der Waals surface area contributed by atoms with Crippen LogP contribution in [0, 0.1) is 0 Å². The Morgan fingerprint density at radius 2 is 2.14 bits per heavy atom. The van der Waals surface area contributed by atoms with Crippen LogP contribution in [0.5, 0.6) is 0 Å². The fraction of sp³-hybridized carbons (Fsp3) is 0.455. The molecular weight excluding hydrogens is 198 g/mol. The zero-order valence-corrected chi connectivity index (χ0v) is 8.70. The summed E-state index contributed by atoms with van der Waals surface area (Å²) in [4.78, 5) is 0. The smallest absolute Gasteiger partial charge is 0.0623 e. The van der Waals surface area contributed by atoms with Crippen molar-refractivity contribution in [3.05, 3.63) is 34.9 Å². The highest BCUT2D eigenvalue weighted by atomic mass is 35.5. The lowest BCUT2D eigenvalue weighted by atomic mass is 9.88. The first-order valence-corrected chi connectivity index (χ1v) is 5.24. The average Bonchev–Trinajstić information content (AvgIpc) is 2.20. The lowest BCUT2D eigenvalue weighted by Gasteiger charge is -2.29. The van der Waals surface area contributed by atoms with Crippen LogP contribution in [-0.2, 0) is 4.74 Å². The monoisotopic (exact) mass is 211 g/mol. The van der Waals surface area contributed by atoms with Gasteiger partial charge in [-0.05, 0) is 18.1 Å². The van der Waals surface area contributed by atoms with E-state index in [-0.39, 0.29) is 6.04 Å². The van der Waals surface area contributed by atoms with E-state index in [1.54, 1.807) is 0 Å². The van der Waals surface area contributed by atoms with Gasteiger partial charge in [-0.1, -0.05) is 29.8 Å². The Kier molecular flexibility index (Phi) is 3.06. The van der Waals surface area contributed by atoms with Crippen LogP contribution in [-0.4, -0.2) is 19.3 Å². The van der Waals surface area contributed by atoms with Gasteiger partial charge in [0.05, 0.1) is 6.61 Å². The van der Waals surface area contributed by atoms with E-state index >= 15 is 0 Å². The van der Waals surface area contributed by atoms with Crippen LogP contribution in [0.3, 0.4) is 0 Å². The van der Waals surface area contributed by atoms with Crippen molar-refractivity contribution in [2.45, 2.75) is 18.4 Å². The number of hydrogen-bond donors (Lipinski definition) is 1. The van der Waals surface area contributed by atoms with Gasteiger partial charge in [0.25, 0.3) is 0 Å². The minimum absolute atomic E-state index is 0.0728. The first-order chi connectivity index (χ1) is 6.79. The standard InChI is InChI=1S/C11H14ClNO/c12-10-4-2-1-3-8(10)9-5-6-14-7-11(9)13/h1-4,9,11H,5-7,13H2. The fourth-order valence-corrected chi connectivity index (χ4v) is 2.20. The zero-order chi connectivity index (χ0) is 9.97. The van der Waals surface area contributed by atoms with Gasteiger partial charge in [0, 0.05) is 23.6 Å². The SMILES string of the molecule is NC1COCCC1c1ccccc1Cl. The summed E-state index contributed by atoms with van der Waals surface area (Å²) in [5.74, 6) is 0.345.